The largest absolute Gasteiger partial charge is 0.454 e. The van der Waals surface area contributed by atoms with E-state index in [1.807, 2.05) is 0 Å². The molecule has 0 aromatic carbocycles. The number of furan rings is 1. The first-order chi connectivity index (χ1) is 13.9. The maximum atomic E-state index is 12.6. The minimum Gasteiger partial charge on any atom is -0.454 e. The third kappa shape index (κ3) is 3.60. The van der Waals surface area contributed by atoms with E-state index in [-0.39, 0.29) is 29.4 Å². The predicted molar refractivity (Wildman–Crippen MR) is 107 cm³/mol. The number of halogens is 1. The Labute approximate surface area is 176 Å². The number of amides is 1. The first-order valence-electron chi connectivity index (χ1n) is 10.1. The van der Waals surface area contributed by atoms with Gasteiger partial charge in [-0.2, -0.15) is 4.68 Å². The molecule has 8 nitrogen and oxygen atoms in total. The summed E-state index contributed by atoms with van der Waals surface area (Å²) in [5.74, 6) is 2.91. The van der Waals surface area contributed by atoms with Crippen molar-refractivity contribution < 1.29 is 14.1 Å². The van der Waals surface area contributed by atoms with Crippen LogP contribution in [0.25, 0.3) is 0 Å². The van der Waals surface area contributed by atoms with Gasteiger partial charge in [0.25, 0.3) is 5.91 Å². The van der Waals surface area contributed by atoms with Crippen LogP contribution in [0.2, 0.25) is 0 Å². The van der Waals surface area contributed by atoms with Crippen molar-refractivity contribution in [3.8, 4) is 0 Å². The van der Waals surface area contributed by atoms with E-state index in [1.54, 1.807) is 12.1 Å². The number of rotatable bonds is 6. The quantitative estimate of drug-likeness (QED) is 0.512. The molecule has 0 unspecified atom stereocenters. The Kier molecular flexibility index (Phi) is 4.53. The fraction of sp³-hybridized carbons (Fsp3) is 0.600. The van der Waals surface area contributed by atoms with E-state index >= 15 is 0 Å². The molecule has 4 aliphatic rings. The second kappa shape index (κ2) is 6.97. The zero-order valence-electron chi connectivity index (χ0n) is 16.0. The van der Waals surface area contributed by atoms with E-state index in [4.69, 9.17) is 4.42 Å². The summed E-state index contributed by atoms with van der Waals surface area (Å²) < 4.78 is 7.40. The van der Waals surface area contributed by atoms with Crippen molar-refractivity contribution in [1.82, 2.24) is 15.1 Å². The molecule has 4 saturated carbocycles. The standard InChI is InChI=1S/C20H23BrN4O4/c21-16-10-24(23-18(16)25(27)28)9-15-1-2-17(29-15)19(26)22-11-20-6-12-3-13(7-20)5-14(4-12)8-20/h1-2,10,12-14H,3-9,11H2,(H,22,26). The van der Waals surface area contributed by atoms with Crippen LogP contribution in [0.1, 0.15) is 54.8 Å². The minimum atomic E-state index is -0.550. The van der Waals surface area contributed by atoms with Gasteiger partial charge in [0.1, 0.15) is 16.8 Å². The summed E-state index contributed by atoms with van der Waals surface area (Å²) in [5, 5.41) is 17.9. The molecule has 2 aromatic rings. The smallest absolute Gasteiger partial charge is 0.404 e. The van der Waals surface area contributed by atoms with Crippen LogP contribution in [-0.2, 0) is 6.54 Å². The lowest BCUT2D eigenvalue weighted by molar-refractivity contribution is -0.390. The molecular formula is C20H23BrN4O4. The van der Waals surface area contributed by atoms with Crippen molar-refractivity contribution in [1.29, 1.82) is 0 Å². The van der Waals surface area contributed by atoms with Crippen LogP contribution in [0, 0.1) is 33.3 Å². The third-order valence-electron chi connectivity index (χ3n) is 6.86. The SMILES string of the molecule is O=C(NCC12CC3CC(CC(C3)C1)C2)c1ccc(Cn2cc(Br)c([N+](=O)[O-])n2)o1. The van der Waals surface area contributed by atoms with E-state index in [2.05, 4.69) is 26.3 Å². The molecule has 4 aliphatic carbocycles. The van der Waals surface area contributed by atoms with Crippen LogP contribution in [0.5, 0.6) is 0 Å². The summed E-state index contributed by atoms with van der Waals surface area (Å²) in [6, 6.07) is 3.36. The van der Waals surface area contributed by atoms with Crippen LogP contribution in [0.4, 0.5) is 5.82 Å². The number of hydrogen-bond acceptors (Lipinski definition) is 5. The molecule has 0 radical (unpaired) electrons. The molecule has 0 saturated heterocycles. The van der Waals surface area contributed by atoms with E-state index in [0.29, 0.717) is 10.2 Å². The second-order valence-electron chi connectivity index (χ2n) is 9.12. The van der Waals surface area contributed by atoms with Crippen LogP contribution in [-0.4, -0.2) is 27.2 Å². The fourth-order valence-electron chi connectivity index (χ4n) is 6.20. The Morgan fingerprint density at radius 2 is 1.93 bits per heavy atom. The highest BCUT2D eigenvalue weighted by Gasteiger charge is 2.50. The average molecular weight is 463 g/mol. The number of carbonyl (C=O) groups is 1. The van der Waals surface area contributed by atoms with Gasteiger partial charge in [0.15, 0.2) is 5.76 Å². The lowest BCUT2D eigenvalue weighted by Crippen LogP contribution is -2.51. The molecule has 9 heteroatoms. The van der Waals surface area contributed by atoms with Gasteiger partial charge in [-0.15, -0.1) is 0 Å². The van der Waals surface area contributed by atoms with Gasteiger partial charge in [-0.1, -0.05) is 0 Å². The monoisotopic (exact) mass is 462 g/mol. The van der Waals surface area contributed by atoms with Crippen molar-refractivity contribution in [2.45, 2.75) is 45.1 Å². The Morgan fingerprint density at radius 3 is 2.52 bits per heavy atom. The van der Waals surface area contributed by atoms with Gasteiger partial charge in [-0.3, -0.25) is 4.79 Å². The molecule has 0 aliphatic heterocycles. The van der Waals surface area contributed by atoms with Gasteiger partial charge in [0, 0.05) is 6.54 Å². The molecule has 6 rings (SSSR count). The summed E-state index contributed by atoms with van der Waals surface area (Å²) in [6.07, 6.45) is 9.41. The lowest BCUT2D eigenvalue weighted by Gasteiger charge is -2.56. The van der Waals surface area contributed by atoms with Gasteiger partial charge < -0.3 is 19.8 Å². The molecule has 1 N–H and O–H groups in total. The number of nitrogens with zero attached hydrogens (tertiary/aromatic N) is 3. The second-order valence-corrected chi connectivity index (χ2v) is 9.98. The Bertz CT molecular complexity index is 930. The van der Waals surface area contributed by atoms with E-state index in [1.165, 1.54) is 49.4 Å². The van der Waals surface area contributed by atoms with Gasteiger partial charge in [-0.25, -0.2) is 0 Å². The molecule has 2 aromatic heterocycles. The maximum Gasteiger partial charge on any atom is 0.404 e. The molecule has 0 spiro atoms. The molecular weight excluding hydrogens is 440 g/mol. The average Bonchev–Trinajstić information content (AvgIpc) is 3.25. The zero-order chi connectivity index (χ0) is 20.2. The van der Waals surface area contributed by atoms with Crippen LogP contribution in [0.3, 0.4) is 0 Å². The van der Waals surface area contributed by atoms with Crippen molar-refractivity contribution >= 4 is 27.7 Å². The van der Waals surface area contributed by atoms with Crippen molar-refractivity contribution in [3.63, 3.8) is 0 Å². The number of nitro groups is 1. The zero-order valence-corrected chi connectivity index (χ0v) is 17.6. The summed E-state index contributed by atoms with van der Waals surface area (Å²) in [6.45, 7) is 0.943. The number of carbonyl (C=O) groups excluding carboxylic acids is 1. The Hall–Kier alpha value is -2.16. The highest BCUT2D eigenvalue weighted by molar-refractivity contribution is 9.10. The first kappa shape index (κ1) is 18.8. The number of aromatic nitrogens is 2. The topological polar surface area (TPSA) is 103 Å². The van der Waals surface area contributed by atoms with Crippen LogP contribution >= 0.6 is 15.9 Å². The Balaban J connectivity index is 1.21. The molecule has 154 valence electrons. The maximum absolute atomic E-state index is 12.6. The lowest BCUT2D eigenvalue weighted by atomic mass is 9.49. The van der Waals surface area contributed by atoms with Gasteiger partial charge in [0.05, 0.1) is 11.3 Å². The predicted octanol–water partition coefficient (Wildman–Crippen LogP) is 4.14. The summed E-state index contributed by atoms with van der Waals surface area (Å²) >= 11 is 3.13. The van der Waals surface area contributed by atoms with Crippen molar-refractivity contribution in [2.24, 2.45) is 23.2 Å². The van der Waals surface area contributed by atoms with Gasteiger partial charge in [0.2, 0.25) is 0 Å². The van der Waals surface area contributed by atoms with Crippen LogP contribution in [0.15, 0.2) is 27.2 Å². The summed E-state index contributed by atoms with van der Waals surface area (Å²) in [4.78, 5) is 23.0. The van der Waals surface area contributed by atoms with Crippen molar-refractivity contribution in [3.05, 3.63) is 44.4 Å². The number of nitrogens with one attached hydrogen (secondary N) is 1. The van der Waals surface area contributed by atoms with E-state index in [9.17, 15) is 14.9 Å². The third-order valence-corrected chi connectivity index (χ3v) is 7.42. The summed E-state index contributed by atoms with van der Waals surface area (Å²) in [7, 11) is 0. The molecule has 4 bridgehead atoms. The highest BCUT2D eigenvalue weighted by atomic mass is 79.9. The fourth-order valence-corrected chi connectivity index (χ4v) is 6.66. The number of hydrogen-bond donors (Lipinski definition) is 1. The van der Waals surface area contributed by atoms with Gasteiger partial charge in [-0.05, 0) is 94.7 Å². The Morgan fingerprint density at radius 1 is 1.28 bits per heavy atom. The summed E-state index contributed by atoms with van der Waals surface area (Å²) in [5.41, 5.74) is 0.278. The van der Waals surface area contributed by atoms with E-state index in [0.717, 1.165) is 24.3 Å². The van der Waals surface area contributed by atoms with Crippen LogP contribution < -0.4 is 5.32 Å². The normalized spacial score (nSPS) is 29.9. The molecule has 4 fully saturated rings. The molecule has 1 amide bonds. The minimum absolute atomic E-state index is 0.195. The molecule has 0 atom stereocenters. The van der Waals surface area contributed by atoms with Crippen molar-refractivity contribution in [2.75, 3.05) is 6.54 Å². The van der Waals surface area contributed by atoms with Gasteiger partial charge >= 0.3 is 5.82 Å². The highest BCUT2D eigenvalue weighted by Crippen LogP contribution is 2.59. The van der Waals surface area contributed by atoms with E-state index < -0.39 is 4.92 Å². The molecule has 2 heterocycles. The molecule has 29 heavy (non-hydrogen) atoms. The first-order valence-corrected chi connectivity index (χ1v) is 10.9.